The highest BCUT2D eigenvalue weighted by Crippen LogP contribution is 2.44. The van der Waals surface area contributed by atoms with E-state index in [9.17, 15) is 4.57 Å². The zero-order valence-corrected chi connectivity index (χ0v) is 11.1. The van der Waals surface area contributed by atoms with Gasteiger partial charge in [-0.15, -0.1) is 12.4 Å². The molecule has 0 unspecified atom stereocenters. The molecule has 0 saturated heterocycles. The summed E-state index contributed by atoms with van der Waals surface area (Å²) < 4.78 is 12.8. The Bertz CT molecular complexity index is 554. The molecule has 0 radical (unpaired) electrons. The molecule has 0 bridgehead atoms. The Kier molecular flexibility index (Phi) is 4.99. The lowest BCUT2D eigenvalue weighted by Crippen LogP contribution is -2.13. The Hall–Kier alpha value is -1.73. The molecule has 6 heteroatoms. The van der Waals surface area contributed by atoms with Crippen LogP contribution in [0.3, 0.4) is 0 Å². The molecule has 2 rings (SSSR count). The topological polar surface area (TPSA) is 65.8 Å². The number of benzene rings is 2. The van der Waals surface area contributed by atoms with Crippen molar-refractivity contribution in [2.45, 2.75) is 0 Å². The Morgan fingerprint density at radius 3 is 1.61 bits per heavy atom. The van der Waals surface area contributed by atoms with Crippen LogP contribution in [-0.4, -0.2) is 0 Å². The average molecular weight is 280 g/mol. The molecule has 0 aliphatic heterocycles. The maximum Gasteiger partial charge on any atom is 0.228 e. The van der Waals surface area contributed by atoms with E-state index in [-0.39, 0.29) is 12.4 Å². The first-order valence-corrected chi connectivity index (χ1v) is 6.71. The van der Waals surface area contributed by atoms with Crippen molar-refractivity contribution >= 4 is 30.3 Å². The first-order valence-electron chi connectivity index (χ1n) is 5.05. The van der Waals surface area contributed by atoms with Gasteiger partial charge in [0.25, 0.3) is 0 Å². The molecule has 18 heavy (non-hydrogen) atoms. The van der Waals surface area contributed by atoms with Crippen molar-refractivity contribution in [3.8, 4) is 0 Å². The number of hydrogen-bond donors (Lipinski definition) is 0. The number of nitrogens with zero attached hydrogens (tertiary/aromatic N) is 3. The lowest BCUT2D eigenvalue weighted by molar-refractivity contribution is 0.588. The van der Waals surface area contributed by atoms with Gasteiger partial charge in [0, 0.05) is 15.5 Å². The summed E-state index contributed by atoms with van der Waals surface area (Å²) in [5, 5.41) is 1.09. The van der Waals surface area contributed by atoms with Gasteiger partial charge in [0.1, 0.15) is 0 Å². The SMILES string of the molecule is Cl.[N-]=[N+]=NP(=O)(c1ccccc1)c1ccccc1. The largest absolute Gasteiger partial charge is 0.307 e. The predicted molar refractivity (Wildman–Crippen MR) is 76.2 cm³/mol. The van der Waals surface area contributed by atoms with E-state index >= 15 is 0 Å². The third kappa shape index (κ3) is 2.74. The van der Waals surface area contributed by atoms with Crippen molar-refractivity contribution < 1.29 is 4.57 Å². The van der Waals surface area contributed by atoms with Crippen molar-refractivity contribution in [3.63, 3.8) is 0 Å². The second-order valence-corrected chi connectivity index (χ2v) is 5.79. The highest BCUT2D eigenvalue weighted by atomic mass is 35.5. The van der Waals surface area contributed by atoms with Crippen molar-refractivity contribution in [1.82, 2.24) is 0 Å². The Morgan fingerprint density at radius 2 is 1.28 bits per heavy atom. The third-order valence-electron chi connectivity index (χ3n) is 2.38. The van der Waals surface area contributed by atoms with Crippen LogP contribution >= 0.6 is 19.7 Å². The number of halogens is 1. The first-order chi connectivity index (χ1) is 8.27. The summed E-state index contributed by atoms with van der Waals surface area (Å²) in [6.45, 7) is 0. The molecule has 0 fully saturated rings. The van der Waals surface area contributed by atoms with Crippen molar-refractivity contribution in [1.29, 1.82) is 0 Å². The van der Waals surface area contributed by atoms with E-state index in [1.165, 1.54) is 0 Å². The van der Waals surface area contributed by atoms with Gasteiger partial charge in [-0.1, -0.05) is 60.7 Å². The smallest absolute Gasteiger partial charge is 0.228 e. The minimum atomic E-state index is -3.22. The molecule has 0 amide bonds. The summed E-state index contributed by atoms with van der Waals surface area (Å²) >= 11 is 0. The Balaban J connectivity index is 0.00000162. The van der Waals surface area contributed by atoms with Crippen LogP contribution in [-0.2, 0) is 4.57 Å². The molecule has 0 heterocycles. The summed E-state index contributed by atoms with van der Waals surface area (Å²) in [7, 11) is -3.22. The number of azide groups is 1. The van der Waals surface area contributed by atoms with Crippen LogP contribution in [0.2, 0.25) is 0 Å². The fraction of sp³-hybridized carbons (Fsp3) is 0. The van der Waals surface area contributed by atoms with Gasteiger partial charge in [0.2, 0.25) is 7.29 Å². The summed E-state index contributed by atoms with van der Waals surface area (Å²) in [6, 6.07) is 17.6. The zero-order valence-electron chi connectivity index (χ0n) is 9.38. The van der Waals surface area contributed by atoms with Crippen LogP contribution < -0.4 is 10.6 Å². The minimum Gasteiger partial charge on any atom is -0.307 e. The summed E-state index contributed by atoms with van der Waals surface area (Å²) in [6.07, 6.45) is 0. The van der Waals surface area contributed by atoms with Crippen LogP contribution in [0.5, 0.6) is 0 Å². The average Bonchev–Trinajstić information content (AvgIpc) is 2.41. The van der Waals surface area contributed by atoms with E-state index in [4.69, 9.17) is 5.53 Å². The van der Waals surface area contributed by atoms with Gasteiger partial charge in [-0.25, -0.2) is 0 Å². The van der Waals surface area contributed by atoms with Crippen LogP contribution in [0, 0.1) is 0 Å². The molecular weight excluding hydrogens is 269 g/mol. The molecule has 2 aromatic carbocycles. The molecule has 0 saturated carbocycles. The molecule has 4 nitrogen and oxygen atoms in total. The van der Waals surface area contributed by atoms with Crippen LogP contribution in [0.15, 0.2) is 65.5 Å². The molecule has 0 N–H and O–H groups in total. The van der Waals surface area contributed by atoms with E-state index in [1.807, 2.05) is 12.1 Å². The maximum atomic E-state index is 12.8. The molecule has 0 aromatic heterocycles. The molecule has 92 valence electrons. The molecular formula is C12H11ClN3OP. The lowest BCUT2D eigenvalue weighted by atomic mass is 10.4. The van der Waals surface area contributed by atoms with Gasteiger partial charge in [0.15, 0.2) is 0 Å². The van der Waals surface area contributed by atoms with E-state index in [0.29, 0.717) is 10.6 Å². The number of hydrogen-bond acceptors (Lipinski definition) is 1. The fourth-order valence-corrected chi connectivity index (χ4v) is 3.34. The van der Waals surface area contributed by atoms with Crippen LogP contribution in [0.4, 0.5) is 0 Å². The molecule has 0 atom stereocenters. The summed E-state index contributed by atoms with van der Waals surface area (Å²) in [4.78, 5) is 6.26. The highest BCUT2D eigenvalue weighted by Gasteiger charge is 2.25. The Morgan fingerprint density at radius 1 is 0.889 bits per heavy atom. The zero-order chi connectivity index (χ0) is 12.1. The minimum absolute atomic E-state index is 0. The molecule has 2 aromatic rings. The standard InChI is InChI=1S/C12H10N3OP.ClH/c13-14-15-17(16,11-7-3-1-4-8-11)12-9-5-2-6-10-12;/h1-10H;1H. The maximum absolute atomic E-state index is 12.8. The van der Waals surface area contributed by atoms with E-state index in [2.05, 4.69) is 9.80 Å². The first kappa shape index (κ1) is 14.3. The quantitative estimate of drug-likeness (QED) is 0.366. The molecule has 0 aliphatic carbocycles. The van der Waals surface area contributed by atoms with Gasteiger partial charge in [0.05, 0.1) is 0 Å². The predicted octanol–water partition coefficient (Wildman–Crippen LogP) is 3.65. The van der Waals surface area contributed by atoms with Gasteiger partial charge >= 0.3 is 0 Å². The van der Waals surface area contributed by atoms with Crippen molar-refractivity contribution in [2.75, 3.05) is 0 Å². The third-order valence-corrected chi connectivity index (χ3v) is 4.71. The van der Waals surface area contributed by atoms with Crippen LogP contribution in [0.1, 0.15) is 0 Å². The highest BCUT2D eigenvalue weighted by molar-refractivity contribution is 7.77. The van der Waals surface area contributed by atoms with Crippen molar-refractivity contribution in [3.05, 3.63) is 71.1 Å². The summed E-state index contributed by atoms with van der Waals surface area (Å²) in [5.74, 6) is 0. The summed E-state index contributed by atoms with van der Waals surface area (Å²) in [5.41, 5.74) is 8.61. The van der Waals surface area contributed by atoms with Gasteiger partial charge < -0.3 is 4.57 Å². The number of rotatable bonds is 3. The van der Waals surface area contributed by atoms with Gasteiger partial charge in [-0.05, 0) is 10.4 Å². The lowest BCUT2D eigenvalue weighted by Gasteiger charge is -2.12. The normalized spacial score (nSPS) is 10.0. The molecule has 0 spiro atoms. The van der Waals surface area contributed by atoms with E-state index < -0.39 is 7.29 Å². The van der Waals surface area contributed by atoms with Crippen LogP contribution in [0.25, 0.3) is 10.4 Å². The second-order valence-electron chi connectivity index (χ2n) is 3.43. The van der Waals surface area contributed by atoms with Gasteiger partial charge in [-0.3, -0.25) is 0 Å². The molecule has 0 aliphatic rings. The second kappa shape index (κ2) is 6.27. The Labute approximate surface area is 111 Å². The van der Waals surface area contributed by atoms with Gasteiger partial charge in [-0.2, -0.15) is 0 Å². The fourth-order valence-electron chi connectivity index (χ4n) is 1.57. The monoisotopic (exact) mass is 279 g/mol. The van der Waals surface area contributed by atoms with E-state index in [0.717, 1.165) is 0 Å². The van der Waals surface area contributed by atoms with E-state index in [1.54, 1.807) is 48.5 Å². The van der Waals surface area contributed by atoms with Crippen molar-refractivity contribution in [2.24, 2.45) is 4.88 Å².